The van der Waals surface area contributed by atoms with Gasteiger partial charge in [-0.15, -0.1) is 0 Å². The van der Waals surface area contributed by atoms with Crippen LogP contribution in [0.3, 0.4) is 0 Å². The van der Waals surface area contributed by atoms with Gasteiger partial charge >= 0.3 is 0 Å². The van der Waals surface area contributed by atoms with Crippen LogP contribution in [0.15, 0.2) is 6.07 Å². The average Bonchev–Trinajstić information content (AvgIpc) is 2.28. The molecule has 1 saturated heterocycles. The molecule has 6 heteroatoms. The van der Waals surface area contributed by atoms with Crippen LogP contribution in [0.5, 0.6) is 0 Å². The second-order valence-corrected chi connectivity index (χ2v) is 4.67. The lowest BCUT2D eigenvalue weighted by Gasteiger charge is -2.33. The molecule has 1 fully saturated rings. The van der Waals surface area contributed by atoms with E-state index in [1.165, 1.54) is 0 Å². The molecule has 0 aliphatic carbocycles. The first-order chi connectivity index (χ1) is 8.06. The number of hydrogen-bond donors (Lipinski definition) is 0. The van der Waals surface area contributed by atoms with Crippen molar-refractivity contribution in [1.82, 2.24) is 9.97 Å². The second kappa shape index (κ2) is 5.12. The molecular weight excluding hydrogens is 248 g/mol. The monoisotopic (exact) mass is 261 g/mol. The Morgan fingerprint density at radius 3 is 2.88 bits per heavy atom. The van der Waals surface area contributed by atoms with Crippen LogP contribution in [0, 0.1) is 12.8 Å². The molecule has 2 heterocycles. The van der Waals surface area contributed by atoms with Crippen molar-refractivity contribution in [2.45, 2.75) is 26.2 Å². The minimum absolute atomic E-state index is 0.338. The summed E-state index contributed by atoms with van der Waals surface area (Å²) in [6, 6.07) is 1.63. The van der Waals surface area contributed by atoms with E-state index >= 15 is 0 Å². The summed E-state index contributed by atoms with van der Waals surface area (Å²) in [4.78, 5) is 10.1. The number of rotatable bonds is 2. The van der Waals surface area contributed by atoms with Gasteiger partial charge in [0.05, 0.1) is 0 Å². The van der Waals surface area contributed by atoms with Crippen LogP contribution in [0.4, 0.5) is 14.6 Å². The molecule has 1 aliphatic rings. The Morgan fingerprint density at radius 2 is 2.24 bits per heavy atom. The van der Waals surface area contributed by atoms with Crippen molar-refractivity contribution in [3.05, 3.63) is 17.0 Å². The SMILES string of the molecule is Cc1nc(Cl)cc(N2CCC[C@@H](C(F)F)C2)n1. The Morgan fingerprint density at radius 1 is 1.47 bits per heavy atom. The third-order valence-corrected chi connectivity index (χ3v) is 3.12. The summed E-state index contributed by atoms with van der Waals surface area (Å²) in [5.41, 5.74) is 0. The third-order valence-electron chi connectivity index (χ3n) is 2.93. The fourth-order valence-corrected chi connectivity index (χ4v) is 2.32. The van der Waals surface area contributed by atoms with E-state index in [1.807, 2.05) is 4.90 Å². The van der Waals surface area contributed by atoms with Crippen molar-refractivity contribution in [3.8, 4) is 0 Å². The predicted molar refractivity (Wildman–Crippen MR) is 62.7 cm³/mol. The van der Waals surface area contributed by atoms with E-state index < -0.39 is 12.3 Å². The molecule has 0 spiro atoms. The molecule has 2 rings (SSSR count). The predicted octanol–water partition coefficient (Wildman–Crippen LogP) is 2.92. The molecule has 1 aliphatic heterocycles. The maximum atomic E-state index is 12.7. The zero-order valence-electron chi connectivity index (χ0n) is 9.54. The zero-order valence-corrected chi connectivity index (χ0v) is 10.3. The summed E-state index contributed by atoms with van der Waals surface area (Å²) in [7, 11) is 0. The molecule has 0 saturated carbocycles. The van der Waals surface area contributed by atoms with Crippen LogP contribution in [-0.4, -0.2) is 29.5 Å². The van der Waals surface area contributed by atoms with Crippen molar-refractivity contribution in [3.63, 3.8) is 0 Å². The molecule has 94 valence electrons. The lowest BCUT2D eigenvalue weighted by molar-refractivity contribution is 0.0685. The summed E-state index contributed by atoms with van der Waals surface area (Å²) in [6.45, 7) is 2.82. The molecule has 0 amide bonds. The number of alkyl halides is 2. The van der Waals surface area contributed by atoms with Crippen molar-refractivity contribution in [1.29, 1.82) is 0 Å². The van der Waals surface area contributed by atoms with E-state index in [0.717, 1.165) is 13.0 Å². The van der Waals surface area contributed by atoms with Gasteiger partial charge in [0.2, 0.25) is 6.43 Å². The number of piperidine rings is 1. The summed E-state index contributed by atoms with van der Waals surface area (Å²) in [5, 5.41) is 0.353. The van der Waals surface area contributed by atoms with Crippen LogP contribution in [0.25, 0.3) is 0 Å². The number of nitrogens with zero attached hydrogens (tertiary/aromatic N) is 3. The fraction of sp³-hybridized carbons (Fsp3) is 0.636. The van der Waals surface area contributed by atoms with Crippen LogP contribution >= 0.6 is 11.6 Å². The molecule has 17 heavy (non-hydrogen) atoms. The molecule has 0 unspecified atom stereocenters. The van der Waals surface area contributed by atoms with E-state index in [-0.39, 0.29) is 0 Å². The highest BCUT2D eigenvalue weighted by Crippen LogP contribution is 2.26. The highest BCUT2D eigenvalue weighted by Gasteiger charge is 2.27. The van der Waals surface area contributed by atoms with Gasteiger partial charge in [-0.05, 0) is 19.8 Å². The van der Waals surface area contributed by atoms with Gasteiger partial charge < -0.3 is 4.90 Å². The maximum absolute atomic E-state index is 12.7. The average molecular weight is 262 g/mol. The number of aromatic nitrogens is 2. The van der Waals surface area contributed by atoms with Gasteiger partial charge in [-0.1, -0.05) is 11.6 Å². The van der Waals surface area contributed by atoms with Gasteiger partial charge in [0, 0.05) is 25.1 Å². The quantitative estimate of drug-likeness (QED) is 0.767. The topological polar surface area (TPSA) is 29.0 Å². The van der Waals surface area contributed by atoms with Crippen molar-refractivity contribution in [2.75, 3.05) is 18.0 Å². The molecule has 1 aromatic heterocycles. The lowest BCUT2D eigenvalue weighted by Crippen LogP contribution is -2.38. The molecule has 1 aromatic rings. The first-order valence-electron chi connectivity index (χ1n) is 5.60. The minimum Gasteiger partial charge on any atom is -0.356 e. The molecule has 1 atom stereocenters. The van der Waals surface area contributed by atoms with Crippen molar-refractivity contribution in [2.24, 2.45) is 5.92 Å². The molecule has 0 N–H and O–H groups in total. The zero-order chi connectivity index (χ0) is 12.4. The van der Waals surface area contributed by atoms with Gasteiger partial charge in [-0.3, -0.25) is 0 Å². The second-order valence-electron chi connectivity index (χ2n) is 4.28. The molecule has 3 nitrogen and oxygen atoms in total. The Kier molecular flexibility index (Phi) is 3.76. The normalized spacial score (nSPS) is 21.0. The highest BCUT2D eigenvalue weighted by molar-refractivity contribution is 6.29. The summed E-state index contributed by atoms with van der Waals surface area (Å²) >= 11 is 5.84. The maximum Gasteiger partial charge on any atom is 0.243 e. The fourth-order valence-electron chi connectivity index (χ4n) is 2.10. The van der Waals surface area contributed by atoms with Crippen LogP contribution in [0.1, 0.15) is 18.7 Å². The highest BCUT2D eigenvalue weighted by atomic mass is 35.5. The third kappa shape index (κ3) is 3.03. The Balaban J connectivity index is 2.16. The Labute approximate surface area is 104 Å². The van der Waals surface area contributed by atoms with Gasteiger partial charge in [0.15, 0.2) is 0 Å². The summed E-state index contributed by atoms with van der Waals surface area (Å²) < 4.78 is 25.4. The standard InChI is InChI=1S/C11H14ClF2N3/c1-7-15-9(12)5-10(16-7)17-4-2-3-8(6-17)11(13)14/h5,8,11H,2-4,6H2,1H3/t8-/m1/s1. The van der Waals surface area contributed by atoms with Crippen molar-refractivity contribution >= 4 is 17.4 Å². The molecular formula is C11H14ClF2N3. The van der Waals surface area contributed by atoms with E-state index in [9.17, 15) is 8.78 Å². The van der Waals surface area contributed by atoms with Gasteiger partial charge in [-0.25, -0.2) is 18.7 Å². The van der Waals surface area contributed by atoms with Gasteiger partial charge in [0.25, 0.3) is 0 Å². The van der Waals surface area contributed by atoms with Gasteiger partial charge in [-0.2, -0.15) is 0 Å². The summed E-state index contributed by atoms with van der Waals surface area (Å²) in [6.07, 6.45) is -0.932. The molecule has 0 aromatic carbocycles. The van der Waals surface area contributed by atoms with E-state index in [4.69, 9.17) is 11.6 Å². The number of anilines is 1. The smallest absolute Gasteiger partial charge is 0.243 e. The first-order valence-corrected chi connectivity index (χ1v) is 5.98. The van der Waals surface area contributed by atoms with Crippen LogP contribution < -0.4 is 4.90 Å². The number of aryl methyl sites for hydroxylation is 1. The van der Waals surface area contributed by atoms with Crippen molar-refractivity contribution < 1.29 is 8.78 Å². The molecule has 0 radical (unpaired) electrons. The van der Waals surface area contributed by atoms with E-state index in [0.29, 0.717) is 29.8 Å². The summed E-state index contributed by atoms with van der Waals surface area (Å²) in [5.74, 6) is 0.636. The molecule has 0 bridgehead atoms. The van der Waals surface area contributed by atoms with Crippen LogP contribution in [0.2, 0.25) is 5.15 Å². The number of hydrogen-bond acceptors (Lipinski definition) is 3. The number of halogens is 3. The largest absolute Gasteiger partial charge is 0.356 e. The van der Waals surface area contributed by atoms with Crippen LogP contribution in [-0.2, 0) is 0 Å². The van der Waals surface area contributed by atoms with E-state index in [2.05, 4.69) is 9.97 Å². The Hall–Kier alpha value is -0.970. The van der Waals surface area contributed by atoms with E-state index in [1.54, 1.807) is 13.0 Å². The Bertz CT molecular complexity index is 380. The van der Waals surface area contributed by atoms with Gasteiger partial charge in [0.1, 0.15) is 16.8 Å². The first kappa shape index (κ1) is 12.5. The minimum atomic E-state index is -2.27. The lowest BCUT2D eigenvalue weighted by atomic mass is 9.99.